The van der Waals surface area contributed by atoms with E-state index in [0.717, 1.165) is 13.0 Å². The van der Waals surface area contributed by atoms with Crippen LogP contribution >= 0.6 is 0 Å². The lowest BCUT2D eigenvalue weighted by atomic mass is 10.2. The molecular weight excluding hydrogens is 124 g/mol. The zero-order chi connectivity index (χ0) is 7.98. The van der Waals surface area contributed by atoms with Crippen LogP contribution in [0.5, 0.6) is 0 Å². The van der Waals surface area contributed by atoms with Crippen LogP contribution in [0.1, 0.15) is 20.3 Å². The standard InChI is InChI=1S/C8H18N2/c1-4-5-8(9)6-10-7(2)3/h4,7-8,10H,1,5-6,9H2,2-3H3/t8-/m1/s1. The van der Waals surface area contributed by atoms with E-state index in [1.165, 1.54) is 0 Å². The molecule has 0 bridgehead atoms. The van der Waals surface area contributed by atoms with Crippen molar-refractivity contribution in [3.63, 3.8) is 0 Å². The van der Waals surface area contributed by atoms with Crippen LogP contribution in [-0.2, 0) is 0 Å². The Morgan fingerprint density at radius 3 is 2.60 bits per heavy atom. The van der Waals surface area contributed by atoms with Crippen molar-refractivity contribution in [3.8, 4) is 0 Å². The van der Waals surface area contributed by atoms with Gasteiger partial charge in [-0.2, -0.15) is 0 Å². The van der Waals surface area contributed by atoms with Gasteiger partial charge in [0, 0.05) is 18.6 Å². The summed E-state index contributed by atoms with van der Waals surface area (Å²) in [5.74, 6) is 0. The van der Waals surface area contributed by atoms with Crippen LogP contribution in [0, 0.1) is 0 Å². The highest BCUT2D eigenvalue weighted by Crippen LogP contribution is 1.87. The fraction of sp³-hybridized carbons (Fsp3) is 0.750. The van der Waals surface area contributed by atoms with E-state index in [1.54, 1.807) is 0 Å². The zero-order valence-corrected chi connectivity index (χ0v) is 6.93. The molecule has 0 aromatic heterocycles. The number of hydrogen-bond donors (Lipinski definition) is 2. The molecule has 2 heteroatoms. The molecule has 60 valence electrons. The molecule has 0 aromatic carbocycles. The van der Waals surface area contributed by atoms with Crippen LogP contribution in [0.3, 0.4) is 0 Å². The number of nitrogens with one attached hydrogen (secondary N) is 1. The van der Waals surface area contributed by atoms with Crippen LogP contribution in [0.15, 0.2) is 12.7 Å². The largest absolute Gasteiger partial charge is 0.326 e. The topological polar surface area (TPSA) is 38.0 Å². The molecule has 0 aliphatic rings. The van der Waals surface area contributed by atoms with E-state index in [-0.39, 0.29) is 6.04 Å². The summed E-state index contributed by atoms with van der Waals surface area (Å²) in [6, 6.07) is 0.746. The Morgan fingerprint density at radius 2 is 2.20 bits per heavy atom. The van der Waals surface area contributed by atoms with Crippen LogP contribution < -0.4 is 11.1 Å². The van der Waals surface area contributed by atoms with Gasteiger partial charge in [-0.3, -0.25) is 0 Å². The Morgan fingerprint density at radius 1 is 1.60 bits per heavy atom. The van der Waals surface area contributed by atoms with Gasteiger partial charge >= 0.3 is 0 Å². The normalized spacial score (nSPS) is 13.6. The molecule has 0 aromatic rings. The summed E-state index contributed by atoms with van der Waals surface area (Å²) >= 11 is 0. The molecule has 0 fully saturated rings. The maximum Gasteiger partial charge on any atom is 0.0200 e. The van der Waals surface area contributed by atoms with E-state index in [9.17, 15) is 0 Å². The number of nitrogens with two attached hydrogens (primary N) is 1. The molecule has 0 unspecified atom stereocenters. The lowest BCUT2D eigenvalue weighted by Gasteiger charge is -2.12. The van der Waals surface area contributed by atoms with Crippen molar-refractivity contribution in [1.82, 2.24) is 5.32 Å². The SMILES string of the molecule is C=CC[C@@H](N)CNC(C)C. The molecule has 0 saturated carbocycles. The maximum atomic E-state index is 5.70. The Hall–Kier alpha value is -0.340. The second-order valence-corrected chi connectivity index (χ2v) is 2.85. The van der Waals surface area contributed by atoms with Gasteiger partial charge in [-0.15, -0.1) is 6.58 Å². The van der Waals surface area contributed by atoms with Crippen LogP contribution in [0.25, 0.3) is 0 Å². The Bertz CT molecular complexity index is 89.3. The van der Waals surface area contributed by atoms with E-state index in [2.05, 4.69) is 25.7 Å². The van der Waals surface area contributed by atoms with E-state index in [4.69, 9.17) is 5.73 Å². The molecule has 0 rings (SSSR count). The number of hydrogen-bond acceptors (Lipinski definition) is 2. The van der Waals surface area contributed by atoms with Crippen molar-refractivity contribution >= 4 is 0 Å². The van der Waals surface area contributed by atoms with Crippen molar-refractivity contribution in [2.24, 2.45) is 5.73 Å². The molecule has 3 N–H and O–H groups in total. The average molecular weight is 142 g/mol. The van der Waals surface area contributed by atoms with Gasteiger partial charge in [0.1, 0.15) is 0 Å². The third-order valence-electron chi connectivity index (χ3n) is 1.26. The third-order valence-corrected chi connectivity index (χ3v) is 1.26. The van der Waals surface area contributed by atoms with Crippen molar-refractivity contribution in [1.29, 1.82) is 0 Å². The summed E-state index contributed by atoms with van der Waals surface area (Å²) in [6.45, 7) is 8.72. The molecule has 0 spiro atoms. The van der Waals surface area contributed by atoms with Gasteiger partial charge in [0.2, 0.25) is 0 Å². The summed E-state index contributed by atoms with van der Waals surface area (Å²) in [6.07, 6.45) is 2.74. The molecule has 2 nitrogen and oxygen atoms in total. The van der Waals surface area contributed by atoms with Crippen molar-refractivity contribution in [2.45, 2.75) is 32.4 Å². The fourth-order valence-electron chi connectivity index (χ4n) is 0.684. The van der Waals surface area contributed by atoms with Crippen LogP contribution in [0.2, 0.25) is 0 Å². The van der Waals surface area contributed by atoms with Crippen LogP contribution in [-0.4, -0.2) is 18.6 Å². The second kappa shape index (κ2) is 5.45. The van der Waals surface area contributed by atoms with E-state index in [1.807, 2.05) is 6.08 Å². The smallest absolute Gasteiger partial charge is 0.0200 e. The molecule has 0 heterocycles. The molecule has 1 atom stereocenters. The predicted molar refractivity (Wildman–Crippen MR) is 45.9 cm³/mol. The molecule has 0 amide bonds. The molecule has 10 heavy (non-hydrogen) atoms. The van der Waals surface area contributed by atoms with Gasteiger partial charge in [0.15, 0.2) is 0 Å². The van der Waals surface area contributed by atoms with Gasteiger partial charge in [-0.05, 0) is 6.42 Å². The predicted octanol–water partition coefficient (Wildman–Crippen LogP) is 0.888. The second-order valence-electron chi connectivity index (χ2n) is 2.85. The Labute approximate surface area is 63.5 Å². The average Bonchev–Trinajstić information content (AvgIpc) is 1.85. The molecule has 0 aliphatic heterocycles. The molecular formula is C8H18N2. The van der Waals surface area contributed by atoms with Crippen molar-refractivity contribution in [2.75, 3.05) is 6.54 Å². The third kappa shape index (κ3) is 5.79. The van der Waals surface area contributed by atoms with Gasteiger partial charge in [-0.25, -0.2) is 0 Å². The lowest BCUT2D eigenvalue weighted by molar-refractivity contribution is 0.528. The maximum absolute atomic E-state index is 5.70. The van der Waals surface area contributed by atoms with Crippen molar-refractivity contribution in [3.05, 3.63) is 12.7 Å². The first-order valence-electron chi connectivity index (χ1n) is 3.76. The summed E-state index contributed by atoms with van der Waals surface area (Å²) in [5, 5.41) is 3.26. The molecule has 0 saturated heterocycles. The fourth-order valence-corrected chi connectivity index (χ4v) is 0.684. The minimum Gasteiger partial charge on any atom is -0.326 e. The lowest BCUT2D eigenvalue weighted by Crippen LogP contribution is -2.36. The summed E-state index contributed by atoms with van der Waals surface area (Å²) in [4.78, 5) is 0. The van der Waals surface area contributed by atoms with E-state index < -0.39 is 0 Å². The van der Waals surface area contributed by atoms with Crippen molar-refractivity contribution < 1.29 is 0 Å². The van der Waals surface area contributed by atoms with Gasteiger partial charge in [-0.1, -0.05) is 19.9 Å². The van der Waals surface area contributed by atoms with Gasteiger partial charge in [0.05, 0.1) is 0 Å². The highest BCUT2D eigenvalue weighted by atomic mass is 14.9. The zero-order valence-electron chi connectivity index (χ0n) is 6.93. The van der Waals surface area contributed by atoms with Crippen LogP contribution in [0.4, 0.5) is 0 Å². The number of rotatable bonds is 5. The van der Waals surface area contributed by atoms with E-state index >= 15 is 0 Å². The van der Waals surface area contributed by atoms with Gasteiger partial charge < -0.3 is 11.1 Å². The molecule has 0 radical (unpaired) electrons. The molecule has 0 aliphatic carbocycles. The minimum atomic E-state index is 0.222. The monoisotopic (exact) mass is 142 g/mol. The quantitative estimate of drug-likeness (QED) is 0.559. The van der Waals surface area contributed by atoms with Gasteiger partial charge in [0.25, 0.3) is 0 Å². The first-order chi connectivity index (χ1) is 4.66. The Kier molecular flexibility index (Phi) is 5.26. The first kappa shape index (κ1) is 9.66. The summed E-state index contributed by atoms with van der Waals surface area (Å²) < 4.78 is 0. The Balaban J connectivity index is 3.20. The first-order valence-corrected chi connectivity index (χ1v) is 3.76. The summed E-state index contributed by atoms with van der Waals surface area (Å²) in [5.41, 5.74) is 5.70. The summed E-state index contributed by atoms with van der Waals surface area (Å²) in [7, 11) is 0. The highest BCUT2D eigenvalue weighted by Gasteiger charge is 1.99. The van der Waals surface area contributed by atoms with E-state index in [0.29, 0.717) is 6.04 Å². The minimum absolute atomic E-state index is 0.222. The highest BCUT2D eigenvalue weighted by molar-refractivity contribution is 4.77.